The molecule has 3 fully saturated rings. The van der Waals surface area contributed by atoms with Crippen molar-refractivity contribution >= 4 is 15.9 Å². The van der Waals surface area contributed by atoms with Gasteiger partial charge in [-0.05, 0) is 43.7 Å². The summed E-state index contributed by atoms with van der Waals surface area (Å²) in [5, 5.41) is 3.12. The first-order chi connectivity index (χ1) is 13.0. The van der Waals surface area contributed by atoms with E-state index in [2.05, 4.69) is 5.32 Å². The highest BCUT2D eigenvalue weighted by atomic mass is 32.2. The molecular formula is C19H24N2O5S. The summed E-state index contributed by atoms with van der Waals surface area (Å²) in [7, 11) is -3.78. The first-order valence-corrected chi connectivity index (χ1v) is 11.2. The summed E-state index contributed by atoms with van der Waals surface area (Å²) in [4.78, 5) is 13.2. The SMILES string of the molecule is O=C(NC1CCCC1)[C@]12C[C@H]1CCN2S(=O)(=O)c1ccc2c(c1)OCCO2. The van der Waals surface area contributed by atoms with Gasteiger partial charge >= 0.3 is 0 Å². The van der Waals surface area contributed by atoms with Gasteiger partial charge in [0.05, 0.1) is 4.90 Å². The molecule has 0 bridgehead atoms. The maximum absolute atomic E-state index is 13.4. The maximum atomic E-state index is 13.4. The molecule has 1 aromatic rings. The van der Waals surface area contributed by atoms with Gasteiger partial charge in [0.15, 0.2) is 11.5 Å². The van der Waals surface area contributed by atoms with E-state index in [1.54, 1.807) is 12.1 Å². The number of amides is 1. The fourth-order valence-corrected chi connectivity index (χ4v) is 6.69. The van der Waals surface area contributed by atoms with Crippen LogP contribution in [0.1, 0.15) is 38.5 Å². The van der Waals surface area contributed by atoms with Crippen LogP contribution >= 0.6 is 0 Å². The molecule has 0 aromatic heterocycles. The molecule has 4 aliphatic rings. The average molecular weight is 392 g/mol. The van der Waals surface area contributed by atoms with Gasteiger partial charge in [0.1, 0.15) is 18.8 Å². The monoisotopic (exact) mass is 392 g/mol. The van der Waals surface area contributed by atoms with E-state index in [0.717, 1.165) is 32.1 Å². The molecule has 7 nitrogen and oxygen atoms in total. The number of nitrogens with one attached hydrogen (secondary N) is 1. The van der Waals surface area contributed by atoms with E-state index in [4.69, 9.17) is 9.47 Å². The number of carbonyl (C=O) groups is 1. The molecule has 1 N–H and O–H groups in total. The summed E-state index contributed by atoms with van der Waals surface area (Å²) in [6, 6.07) is 4.88. The molecule has 0 spiro atoms. The van der Waals surface area contributed by atoms with E-state index >= 15 is 0 Å². The second-order valence-corrected chi connectivity index (χ2v) is 9.81. The third-order valence-corrected chi connectivity index (χ3v) is 8.32. The van der Waals surface area contributed by atoms with Crippen LogP contribution in [0.25, 0.3) is 0 Å². The van der Waals surface area contributed by atoms with Crippen LogP contribution in [0.3, 0.4) is 0 Å². The number of hydrogen-bond acceptors (Lipinski definition) is 5. The zero-order chi connectivity index (χ0) is 18.6. The average Bonchev–Trinajstić information content (AvgIpc) is 3.02. The van der Waals surface area contributed by atoms with Crippen molar-refractivity contribution in [3.63, 3.8) is 0 Å². The minimum absolute atomic E-state index is 0.113. The van der Waals surface area contributed by atoms with Crippen LogP contribution in [-0.2, 0) is 14.8 Å². The fraction of sp³-hybridized carbons (Fsp3) is 0.632. The second kappa shape index (κ2) is 6.10. The predicted molar refractivity (Wildman–Crippen MR) is 97.2 cm³/mol. The van der Waals surface area contributed by atoms with E-state index in [0.29, 0.717) is 37.7 Å². The lowest BCUT2D eigenvalue weighted by Gasteiger charge is -2.28. The highest BCUT2D eigenvalue weighted by molar-refractivity contribution is 7.89. The molecule has 0 unspecified atom stereocenters. The van der Waals surface area contributed by atoms with Crippen LogP contribution in [0, 0.1) is 5.92 Å². The number of fused-ring (bicyclic) bond motifs is 2. The number of benzene rings is 1. The molecule has 2 saturated carbocycles. The van der Waals surface area contributed by atoms with Crippen molar-refractivity contribution in [2.24, 2.45) is 5.92 Å². The van der Waals surface area contributed by atoms with Crippen molar-refractivity contribution in [1.29, 1.82) is 0 Å². The Bertz CT molecular complexity index is 880. The molecule has 2 heterocycles. The Balaban J connectivity index is 1.43. The Hall–Kier alpha value is -1.80. The number of ether oxygens (including phenoxy) is 2. The first kappa shape index (κ1) is 17.3. The van der Waals surface area contributed by atoms with E-state index in [1.807, 2.05) is 0 Å². The second-order valence-electron chi connectivity index (χ2n) is 7.95. The van der Waals surface area contributed by atoms with Crippen LogP contribution < -0.4 is 14.8 Å². The highest BCUT2D eigenvalue weighted by Gasteiger charge is 2.70. The molecule has 2 aliphatic heterocycles. The van der Waals surface area contributed by atoms with Crippen LogP contribution in [0.5, 0.6) is 11.5 Å². The maximum Gasteiger partial charge on any atom is 0.244 e. The van der Waals surface area contributed by atoms with E-state index in [-0.39, 0.29) is 22.8 Å². The van der Waals surface area contributed by atoms with Crippen LogP contribution in [0.15, 0.2) is 23.1 Å². The highest BCUT2D eigenvalue weighted by Crippen LogP contribution is 2.57. The fourth-order valence-electron chi connectivity index (χ4n) is 4.85. The number of hydrogen-bond donors (Lipinski definition) is 1. The minimum Gasteiger partial charge on any atom is -0.486 e. The topological polar surface area (TPSA) is 84.9 Å². The molecule has 146 valence electrons. The van der Waals surface area contributed by atoms with E-state index in [1.165, 1.54) is 10.4 Å². The summed E-state index contributed by atoms with van der Waals surface area (Å²) >= 11 is 0. The molecule has 8 heteroatoms. The van der Waals surface area contributed by atoms with E-state index in [9.17, 15) is 13.2 Å². The van der Waals surface area contributed by atoms with Gasteiger partial charge in [0.2, 0.25) is 15.9 Å². The molecule has 0 radical (unpaired) electrons. The molecule has 1 amide bonds. The van der Waals surface area contributed by atoms with Crippen LogP contribution in [0.2, 0.25) is 0 Å². The Morgan fingerprint density at radius 3 is 2.59 bits per heavy atom. The number of sulfonamides is 1. The summed E-state index contributed by atoms with van der Waals surface area (Å²) in [6.07, 6.45) is 5.58. The smallest absolute Gasteiger partial charge is 0.244 e. The number of rotatable bonds is 4. The Labute approximate surface area is 159 Å². The Morgan fingerprint density at radius 1 is 1.11 bits per heavy atom. The van der Waals surface area contributed by atoms with E-state index < -0.39 is 15.6 Å². The summed E-state index contributed by atoms with van der Waals surface area (Å²) in [6.45, 7) is 1.24. The van der Waals surface area contributed by atoms with Gasteiger partial charge in [-0.25, -0.2) is 8.42 Å². The van der Waals surface area contributed by atoms with Crippen molar-refractivity contribution < 1.29 is 22.7 Å². The summed E-state index contributed by atoms with van der Waals surface area (Å²) < 4.78 is 39.2. The molecule has 2 aliphatic carbocycles. The van der Waals surface area contributed by atoms with Gasteiger partial charge in [-0.2, -0.15) is 4.31 Å². The Kier molecular flexibility index (Phi) is 3.91. The lowest BCUT2D eigenvalue weighted by molar-refractivity contribution is -0.126. The van der Waals surface area contributed by atoms with Gasteiger partial charge in [-0.1, -0.05) is 12.8 Å². The van der Waals surface area contributed by atoms with Gasteiger partial charge in [-0.3, -0.25) is 4.79 Å². The molecule has 1 aromatic carbocycles. The zero-order valence-electron chi connectivity index (χ0n) is 15.1. The summed E-state index contributed by atoms with van der Waals surface area (Å²) in [5.74, 6) is 1.02. The van der Waals surface area contributed by atoms with Crippen molar-refractivity contribution in [3.05, 3.63) is 18.2 Å². The molecule has 27 heavy (non-hydrogen) atoms. The first-order valence-electron chi connectivity index (χ1n) is 9.75. The molecule has 1 saturated heterocycles. The molecular weight excluding hydrogens is 368 g/mol. The quantitative estimate of drug-likeness (QED) is 0.843. The number of piperidine rings is 1. The minimum atomic E-state index is -3.78. The largest absolute Gasteiger partial charge is 0.486 e. The molecule has 2 atom stereocenters. The normalized spacial score (nSPS) is 30.1. The van der Waals surface area contributed by atoms with Crippen molar-refractivity contribution in [3.8, 4) is 11.5 Å². The Morgan fingerprint density at radius 2 is 1.85 bits per heavy atom. The van der Waals surface area contributed by atoms with Crippen LogP contribution in [-0.4, -0.2) is 50.0 Å². The lowest BCUT2D eigenvalue weighted by Crippen LogP contribution is -2.52. The van der Waals surface area contributed by atoms with Crippen LogP contribution in [0.4, 0.5) is 0 Å². The van der Waals surface area contributed by atoms with Gasteiger partial charge in [0.25, 0.3) is 0 Å². The van der Waals surface area contributed by atoms with Crippen molar-refractivity contribution in [2.45, 2.75) is 55.0 Å². The van der Waals surface area contributed by atoms with Crippen molar-refractivity contribution in [1.82, 2.24) is 9.62 Å². The third-order valence-electron chi connectivity index (χ3n) is 6.38. The van der Waals surface area contributed by atoms with Gasteiger partial charge < -0.3 is 14.8 Å². The van der Waals surface area contributed by atoms with Gasteiger partial charge in [-0.15, -0.1) is 0 Å². The summed E-state index contributed by atoms with van der Waals surface area (Å²) in [5.41, 5.74) is -0.894. The molecule has 5 rings (SSSR count). The predicted octanol–water partition coefficient (Wildman–Crippen LogP) is 1.67. The van der Waals surface area contributed by atoms with Gasteiger partial charge in [0, 0.05) is 18.7 Å². The van der Waals surface area contributed by atoms with Crippen molar-refractivity contribution in [2.75, 3.05) is 19.8 Å². The zero-order valence-corrected chi connectivity index (χ0v) is 16.0. The standard InChI is InChI=1S/C19H24N2O5S/c22-18(20-14-3-1-2-4-14)19-12-13(19)7-8-21(19)27(23,24)15-5-6-16-17(11-15)26-10-9-25-16/h5-6,11,13-14H,1-4,7-10,12H2,(H,20,22)/t13-,19+/m1/s1. The number of nitrogens with zero attached hydrogens (tertiary/aromatic N) is 1. The lowest BCUT2D eigenvalue weighted by atomic mass is 10.2. The number of carbonyl (C=O) groups excluding carboxylic acids is 1. The third kappa shape index (κ3) is 2.64.